The second-order valence-corrected chi connectivity index (χ2v) is 5.17. The van der Waals surface area contributed by atoms with Crippen molar-refractivity contribution in [2.45, 2.75) is 32.3 Å². The number of nitrogens with zero attached hydrogens (tertiary/aromatic N) is 1. The SMILES string of the molecule is Cc1ccc(C(=O)N2CCC(C)(O)CC2)c(=O)[nH]1. The summed E-state index contributed by atoms with van der Waals surface area (Å²) in [5.74, 6) is -0.258. The maximum atomic E-state index is 12.2. The molecule has 0 aromatic carbocycles. The highest BCUT2D eigenvalue weighted by Crippen LogP contribution is 2.21. The number of aliphatic hydroxyl groups is 1. The third-order valence-corrected chi connectivity index (χ3v) is 3.41. The molecule has 0 radical (unpaired) electrons. The lowest BCUT2D eigenvalue weighted by Gasteiger charge is -2.35. The van der Waals surface area contributed by atoms with Gasteiger partial charge >= 0.3 is 0 Å². The van der Waals surface area contributed by atoms with Crippen molar-refractivity contribution in [1.82, 2.24) is 9.88 Å². The molecule has 1 amide bonds. The summed E-state index contributed by atoms with van der Waals surface area (Å²) in [7, 11) is 0. The van der Waals surface area contributed by atoms with Gasteiger partial charge < -0.3 is 15.0 Å². The molecule has 0 spiro atoms. The summed E-state index contributed by atoms with van der Waals surface area (Å²) in [6.45, 7) is 4.51. The lowest BCUT2D eigenvalue weighted by molar-refractivity contribution is -0.00207. The van der Waals surface area contributed by atoms with Crippen LogP contribution in [0.15, 0.2) is 16.9 Å². The molecule has 2 rings (SSSR count). The minimum atomic E-state index is -0.698. The zero-order valence-corrected chi connectivity index (χ0v) is 10.7. The molecule has 0 unspecified atom stereocenters. The molecule has 2 heterocycles. The maximum absolute atomic E-state index is 12.2. The molecule has 1 aliphatic heterocycles. The summed E-state index contributed by atoms with van der Waals surface area (Å²) in [6, 6.07) is 3.28. The summed E-state index contributed by atoms with van der Waals surface area (Å²) in [6.07, 6.45) is 1.09. The second kappa shape index (κ2) is 4.57. The number of nitrogens with one attached hydrogen (secondary N) is 1. The minimum Gasteiger partial charge on any atom is -0.390 e. The van der Waals surface area contributed by atoms with E-state index in [0.29, 0.717) is 25.9 Å². The van der Waals surface area contributed by atoms with Crippen molar-refractivity contribution >= 4 is 5.91 Å². The van der Waals surface area contributed by atoms with E-state index in [1.54, 1.807) is 30.9 Å². The van der Waals surface area contributed by atoms with Gasteiger partial charge in [0.2, 0.25) is 0 Å². The highest BCUT2D eigenvalue weighted by Gasteiger charge is 2.30. The van der Waals surface area contributed by atoms with Gasteiger partial charge in [-0.05, 0) is 38.8 Å². The van der Waals surface area contributed by atoms with Crippen LogP contribution in [0.25, 0.3) is 0 Å². The normalized spacial score (nSPS) is 18.7. The molecular weight excluding hydrogens is 232 g/mol. The van der Waals surface area contributed by atoms with Gasteiger partial charge in [-0.15, -0.1) is 0 Å². The number of amides is 1. The Bertz CT molecular complexity index is 509. The van der Waals surface area contributed by atoms with E-state index < -0.39 is 5.60 Å². The van der Waals surface area contributed by atoms with Crippen LogP contribution >= 0.6 is 0 Å². The first kappa shape index (κ1) is 12.8. The van der Waals surface area contributed by atoms with Crippen molar-refractivity contribution in [2.75, 3.05) is 13.1 Å². The quantitative estimate of drug-likeness (QED) is 0.769. The highest BCUT2D eigenvalue weighted by molar-refractivity contribution is 5.93. The number of aryl methyl sites for hydroxylation is 1. The average molecular weight is 250 g/mol. The third-order valence-electron chi connectivity index (χ3n) is 3.41. The van der Waals surface area contributed by atoms with Gasteiger partial charge in [0.15, 0.2) is 0 Å². The molecule has 98 valence electrons. The third kappa shape index (κ3) is 2.61. The first-order valence-electron chi connectivity index (χ1n) is 6.11. The molecule has 5 heteroatoms. The number of hydrogen-bond acceptors (Lipinski definition) is 3. The van der Waals surface area contributed by atoms with Gasteiger partial charge in [-0.2, -0.15) is 0 Å². The standard InChI is InChI=1S/C13H18N2O3/c1-9-3-4-10(11(16)14-9)12(17)15-7-5-13(2,18)6-8-15/h3-4,18H,5-8H2,1-2H3,(H,14,16). The van der Waals surface area contributed by atoms with Gasteiger partial charge in [-0.1, -0.05) is 0 Å². The number of aromatic amines is 1. The van der Waals surface area contributed by atoms with E-state index in [1.165, 1.54) is 0 Å². The molecule has 0 atom stereocenters. The molecule has 0 bridgehead atoms. The van der Waals surface area contributed by atoms with Crippen LogP contribution in [0.1, 0.15) is 35.8 Å². The number of likely N-dealkylation sites (tertiary alicyclic amines) is 1. The van der Waals surface area contributed by atoms with E-state index in [2.05, 4.69) is 4.98 Å². The Morgan fingerprint density at radius 3 is 2.56 bits per heavy atom. The number of pyridine rings is 1. The highest BCUT2D eigenvalue weighted by atomic mass is 16.3. The molecule has 0 saturated carbocycles. The van der Waals surface area contributed by atoms with E-state index in [4.69, 9.17) is 0 Å². The van der Waals surface area contributed by atoms with Crippen LogP contribution in [0.4, 0.5) is 0 Å². The number of hydrogen-bond donors (Lipinski definition) is 2. The Balaban J connectivity index is 2.15. The van der Waals surface area contributed by atoms with Gasteiger partial charge in [0.05, 0.1) is 5.60 Å². The van der Waals surface area contributed by atoms with Crippen LogP contribution < -0.4 is 5.56 Å². The smallest absolute Gasteiger partial charge is 0.260 e. The number of rotatable bonds is 1. The lowest BCUT2D eigenvalue weighted by atomic mass is 9.93. The zero-order chi connectivity index (χ0) is 13.3. The van der Waals surface area contributed by atoms with Crippen molar-refractivity contribution in [1.29, 1.82) is 0 Å². The van der Waals surface area contributed by atoms with Gasteiger partial charge in [0.1, 0.15) is 5.56 Å². The molecular formula is C13H18N2O3. The Hall–Kier alpha value is -1.62. The van der Waals surface area contributed by atoms with Crippen LogP contribution in [0.3, 0.4) is 0 Å². The van der Waals surface area contributed by atoms with E-state index in [9.17, 15) is 14.7 Å². The van der Waals surface area contributed by atoms with Crippen molar-refractivity contribution in [3.05, 3.63) is 33.7 Å². The predicted octanol–water partition coefficient (Wildman–Crippen LogP) is 0.670. The summed E-state index contributed by atoms with van der Waals surface area (Å²) < 4.78 is 0. The molecule has 1 aliphatic rings. The van der Waals surface area contributed by atoms with Gasteiger partial charge in [-0.25, -0.2) is 0 Å². The fourth-order valence-corrected chi connectivity index (χ4v) is 2.10. The fourth-order valence-electron chi connectivity index (χ4n) is 2.10. The largest absolute Gasteiger partial charge is 0.390 e. The summed E-state index contributed by atoms with van der Waals surface area (Å²) in [5.41, 5.74) is -0.145. The molecule has 0 aliphatic carbocycles. The number of carbonyl (C=O) groups excluding carboxylic acids is 1. The van der Waals surface area contributed by atoms with Gasteiger partial charge in [-0.3, -0.25) is 9.59 Å². The molecule has 2 N–H and O–H groups in total. The summed E-state index contributed by atoms with van der Waals surface area (Å²) in [5, 5.41) is 9.83. The molecule has 1 aromatic rings. The van der Waals surface area contributed by atoms with E-state index in [-0.39, 0.29) is 17.0 Å². The number of H-pyrrole nitrogens is 1. The summed E-state index contributed by atoms with van der Waals surface area (Å²) >= 11 is 0. The fraction of sp³-hybridized carbons (Fsp3) is 0.538. The van der Waals surface area contributed by atoms with Crippen LogP contribution in [0, 0.1) is 6.92 Å². The Labute approximate surface area is 105 Å². The number of carbonyl (C=O) groups is 1. The number of piperidine rings is 1. The maximum Gasteiger partial charge on any atom is 0.260 e. The number of aromatic nitrogens is 1. The zero-order valence-electron chi connectivity index (χ0n) is 10.7. The minimum absolute atomic E-state index is 0.169. The van der Waals surface area contributed by atoms with Crippen LogP contribution in [0.2, 0.25) is 0 Å². The lowest BCUT2D eigenvalue weighted by Crippen LogP contribution is -2.46. The molecule has 18 heavy (non-hydrogen) atoms. The monoisotopic (exact) mass is 250 g/mol. The van der Waals surface area contributed by atoms with Crippen molar-refractivity contribution < 1.29 is 9.90 Å². The van der Waals surface area contributed by atoms with Crippen LogP contribution in [-0.2, 0) is 0 Å². The van der Waals surface area contributed by atoms with Gasteiger partial charge in [0.25, 0.3) is 11.5 Å². The second-order valence-electron chi connectivity index (χ2n) is 5.17. The van der Waals surface area contributed by atoms with Gasteiger partial charge in [0, 0.05) is 18.8 Å². The van der Waals surface area contributed by atoms with E-state index in [0.717, 1.165) is 5.69 Å². The molecule has 1 fully saturated rings. The molecule has 1 saturated heterocycles. The molecule has 1 aromatic heterocycles. The van der Waals surface area contributed by atoms with E-state index in [1.807, 2.05) is 0 Å². The Kier molecular flexibility index (Phi) is 3.26. The molecule has 5 nitrogen and oxygen atoms in total. The van der Waals surface area contributed by atoms with Crippen LogP contribution in [0.5, 0.6) is 0 Å². The first-order chi connectivity index (χ1) is 8.39. The Morgan fingerprint density at radius 2 is 2.00 bits per heavy atom. The van der Waals surface area contributed by atoms with E-state index >= 15 is 0 Å². The predicted molar refractivity (Wildman–Crippen MR) is 67.6 cm³/mol. The summed E-state index contributed by atoms with van der Waals surface area (Å²) in [4.78, 5) is 28.1. The first-order valence-corrected chi connectivity index (χ1v) is 6.11. The Morgan fingerprint density at radius 1 is 1.39 bits per heavy atom. The topological polar surface area (TPSA) is 73.4 Å². The van der Waals surface area contributed by atoms with Crippen molar-refractivity contribution in [3.8, 4) is 0 Å². The van der Waals surface area contributed by atoms with Crippen LogP contribution in [-0.4, -0.2) is 39.6 Å². The van der Waals surface area contributed by atoms with Crippen molar-refractivity contribution in [3.63, 3.8) is 0 Å². The van der Waals surface area contributed by atoms with Crippen molar-refractivity contribution in [2.24, 2.45) is 0 Å². The average Bonchev–Trinajstić information content (AvgIpc) is 2.28.